The highest BCUT2D eigenvalue weighted by atomic mass is 14.9. The molecule has 0 aromatic heterocycles. The van der Waals surface area contributed by atoms with Gasteiger partial charge in [0.05, 0.1) is 0 Å². The van der Waals surface area contributed by atoms with Gasteiger partial charge in [-0.05, 0) is 49.5 Å². The summed E-state index contributed by atoms with van der Waals surface area (Å²) >= 11 is 0. The van der Waals surface area contributed by atoms with E-state index in [4.69, 9.17) is 0 Å². The molecule has 15 heavy (non-hydrogen) atoms. The lowest BCUT2D eigenvalue weighted by atomic mass is 9.65. The van der Waals surface area contributed by atoms with Crippen molar-refractivity contribution in [2.45, 2.75) is 58.8 Å². The van der Waals surface area contributed by atoms with Crippen LogP contribution >= 0.6 is 0 Å². The Morgan fingerprint density at radius 1 is 1.20 bits per heavy atom. The highest BCUT2D eigenvalue weighted by molar-refractivity contribution is 5.00. The average molecular weight is 209 g/mol. The molecule has 2 saturated carbocycles. The van der Waals surface area contributed by atoms with Gasteiger partial charge in [-0.25, -0.2) is 0 Å². The predicted molar refractivity (Wildman–Crippen MR) is 65.9 cm³/mol. The average Bonchev–Trinajstić information content (AvgIpc) is 3.00. The zero-order chi connectivity index (χ0) is 10.7. The zero-order valence-electron chi connectivity index (χ0n) is 10.5. The van der Waals surface area contributed by atoms with E-state index >= 15 is 0 Å². The van der Waals surface area contributed by atoms with Crippen molar-refractivity contribution in [3.63, 3.8) is 0 Å². The molecule has 2 aliphatic rings. The first-order chi connectivity index (χ1) is 7.30. The van der Waals surface area contributed by atoms with Crippen LogP contribution in [0.15, 0.2) is 0 Å². The van der Waals surface area contributed by atoms with Crippen LogP contribution in [0.4, 0.5) is 0 Å². The maximum Gasteiger partial charge on any atom is 0.00106 e. The van der Waals surface area contributed by atoms with E-state index in [2.05, 4.69) is 19.2 Å². The third-order valence-electron chi connectivity index (χ3n) is 4.86. The third kappa shape index (κ3) is 2.55. The van der Waals surface area contributed by atoms with E-state index in [-0.39, 0.29) is 0 Å². The second kappa shape index (κ2) is 4.86. The summed E-state index contributed by atoms with van der Waals surface area (Å²) in [5.74, 6) is 2.00. The van der Waals surface area contributed by atoms with Crippen molar-refractivity contribution < 1.29 is 0 Å². The van der Waals surface area contributed by atoms with E-state index in [9.17, 15) is 0 Å². The molecule has 0 spiro atoms. The molecule has 1 heteroatoms. The molecule has 0 bridgehead atoms. The van der Waals surface area contributed by atoms with Crippen LogP contribution in [-0.2, 0) is 0 Å². The Kier molecular flexibility index (Phi) is 3.71. The Labute approximate surface area is 95.0 Å². The van der Waals surface area contributed by atoms with Crippen LogP contribution in [0.5, 0.6) is 0 Å². The smallest absolute Gasteiger partial charge is 0.00106 e. The van der Waals surface area contributed by atoms with Crippen molar-refractivity contribution in [1.29, 1.82) is 0 Å². The molecule has 0 atom stereocenters. The molecule has 0 radical (unpaired) electrons. The Morgan fingerprint density at radius 2 is 1.87 bits per heavy atom. The van der Waals surface area contributed by atoms with Gasteiger partial charge >= 0.3 is 0 Å². The molecule has 0 aliphatic heterocycles. The van der Waals surface area contributed by atoms with Crippen molar-refractivity contribution >= 4 is 0 Å². The lowest BCUT2D eigenvalue weighted by molar-refractivity contribution is 0.0973. The largest absolute Gasteiger partial charge is 0.316 e. The fourth-order valence-corrected chi connectivity index (χ4v) is 3.16. The first kappa shape index (κ1) is 11.4. The molecule has 2 fully saturated rings. The lowest BCUT2D eigenvalue weighted by Gasteiger charge is -2.43. The molecule has 1 N–H and O–H groups in total. The molecule has 2 rings (SSSR count). The van der Waals surface area contributed by atoms with E-state index < -0.39 is 0 Å². The minimum atomic E-state index is 0.756. The molecule has 0 saturated heterocycles. The third-order valence-corrected chi connectivity index (χ3v) is 4.86. The summed E-state index contributed by atoms with van der Waals surface area (Å²) in [5.41, 5.74) is 0.756. The molecule has 0 aromatic carbocycles. The van der Waals surface area contributed by atoms with Crippen molar-refractivity contribution in [3.8, 4) is 0 Å². The topological polar surface area (TPSA) is 12.0 Å². The summed E-state index contributed by atoms with van der Waals surface area (Å²) in [6, 6.07) is 0. The van der Waals surface area contributed by atoms with E-state index in [1.807, 2.05) is 0 Å². The maximum atomic E-state index is 3.75. The van der Waals surface area contributed by atoms with Crippen molar-refractivity contribution in [2.75, 3.05) is 13.1 Å². The lowest BCUT2D eigenvalue weighted by Crippen LogP contribution is -2.42. The molecule has 1 nitrogen and oxygen atoms in total. The van der Waals surface area contributed by atoms with Gasteiger partial charge in [-0.15, -0.1) is 0 Å². The number of hydrogen-bond acceptors (Lipinski definition) is 1. The summed E-state index contributed by atoms with van der Waals surface area (Å²) in [5, 5.41) is 3.75. The molecule has 2 aliphatic carbocycles. The maximum absolute atomic E-state index is 3.75. The normalized spacial score (nSPS) is 24.2. The Bertz CT molecular complexity index is 188. The first-order valence-corrected chi connectivity index (χ1v) is 7.01. The molecular formula is C14H27N. The number of nitrogens with one attached hydrogen (secondary N) is 1. The summed E-state index contributed by atoms with van der Waals surface area (Å²) in [7, 11) is 0. The van der Waals surface area contributed by atoms with Crippen LogP contribution in [0.3, 0.4) is 0 Å². The van der Waals surface area contributed by atoms with Gasteiger partial charge in [0.15, 0.2) is 0 Å². The van der Waals surface area contributed by atoms with Gasteiger partial charge in [-0.1, -0.05) is 33.1 Å². The van der Waals surface area contributed by atoms with Gasteiger partial charge in [0.1, 0.15) is 0 Å². The molecular weight excluding hydrogens is 182 g/mol. The fraction of sp³-hybridized carbons (Fsp3) is 1.00. The van der Waals surface area contributed by atoms with Crippen LogP contribution in [0.1, 0.15) is 58.8 Å². The van der Waals surface area contributed by atoms with Crippen molar-refractivity contribution in [3.05, 3.63) is 0 Å². The highest BCUT2D eigenvalue weighted by Gasteiger charge is 2.48. The van der Waals surface area contributed by atoms with Crippen LogP contribution < -0.4 is 5.32 Å². The van der Waals surface area contributed by atoms with Gasteiger partial charge in [-0.2, -0.15) is 0 Å². The number of hydrogen-bond donors (Lipinski definition) is 1. The minimum absolute atomic E-state index is 0.756. The van der Waals surface area contributed by atoms with Crippen LogP contribution in [0.2, 0.25) is 0 Å². The number of rotatable bonds is 7. The standard InChI is InChI=1S/C14H27N/c1-3-12(4-2)10-15-11-14(8-5-9-14)13-6-7-13/h12-13,15H,3-11H2,1-2H3. The monoisotopic (exact) mass is 209 g/mol. The van der Waals surface area contributed by atoms with Crippen molar-refractivity contribution in [2.24, 2.45) is 17.3 Å². The highest BCUT2D eigenvalue weighted by Crippen LogP contribution is 2.56. The molecule has 0 unspecified atom stereocenters. The van der Waals surface area contributed by atoms with Gasteiger partial charge in [0.2, 0.25) is 0 Å². The predicted octanol–water partition coefficient (Wildman–Crippen LogP) is 3.59. The van der Waals surface area contributed by atoms with E-state index in [1.54, 1.807) is 0 Å². The Balaban J connectivity index is 1.67. The molecule has 88 valence electrons. The molecule has 0 heterocycles. The zero-order valence-corrected chi connectivity index (χ0v) is 10.5. The van der Waals surface area contributed by atoms with E-state index in [0.717, 1.165) is 17.3 Å². The fourth-order valence-electron chi connectivity index (χ4n) is 3.16. The van der Waals surface area contributed by atoms with E-state index in [1.165, 1.54) is 58.0 Å². The van der Waals surface area contributed by atoms with Gasteiger partial charge < -0.3 is 5.32 Å². The first-order valence-electron chi connectivity index (χ1n) is 7.01. The summed E-state index contributed by atoms with van der Waals surface area (Å²) < 4.78 is 0. The summed E-state index contributed by atoms with van der Waals surface area (Å²) in [6.45, 7) is 7.20. The van der Waals surface area contributed by atoms with Gasteiger partial charge in [0.25, 0.3) is 0 Å². The second-order valence-corrected chi connectivity index (χ2v) is 5.80. The van der Waals surface area contributed by atoms with Gasteiger partial charge in [-0.3, -0.25) is 0 Å². The van der Waals surface area contributed by atoms with Crippen molar-refractivity contribution in [1.82, 2.24) is 5.32 Å². The van der Waals surface area contributed by atoms with Crippen LogP contribution in [0, 0.1) is 17.3 Å². The van der Waals surface area contributed by atoms with Crippen LogP contribution in [0.25, 0.3) is 0 Å². The molecule has 0 amide bonds. The Hall–Kier alpha value is -0.0400. The summed E-state index contributed by atoms with van der Waals surface area (Å²) in [4.78, 5) is 0. The minimum Gasteiger partial charge on any atom is -0.316 e. The van der Waals surface area contributed by atoms with E-state index in [0.29, 0.717) is 0 Å². The second-order valence-electron chi connectivity index (χ2n) is 5.80. The van der Waals surface area contributed by atoms with Crippen LogP contribution in [-0.4, -0.2) is 13.1 Å². The molecule has 0 aromatic rings. The quantitative estimate of drug-likeness (QED) is 0.675. The SMILES string of the molecule is CCC(CC)CNCC1(C2CC2)CCC1. The van der Waals surface area contributed by atoms with Gasteiger partial charge in [0, 0.05) is 6.54 Å². The Morgan fingerprint density at radius 3 is 2.27 bits per heavy atom. The summed E-state index contributed by atoms with van der Waals surface area (Å²) in [6.07, 6.45) is 10.2.